The van der Waals surface area contributed by atoms with E-state index in [1.807, 2.05) is 6.92 Å². The van der Waals surface area contributed by atoms with Gasteiger partial charge in [0.2, 0.25) is 0 Å². The Bertz CT molecular complexity index is 594. The SMILES string of the molecule is Cc1cc(NN)nc(COc2ccc(F)c(Cl)c2)n1. The van der Waals surface area contributed by atoms with Gasteiger partial charge in [0.05, 0.1) is 5.02 Å². The fourth-order valence-corrected chi connectivity index (χ4v) is 1.65. The first kappa shape index (κ1) is 13.5. The maximum atomic E-state index is 13.0. The number of nitrogens with two attached hydrogens (primary N) is 1. The quantitative estimate of drug-likeness (QED) is 0.666. The van der Waals surface area contributed by atoms with Crippen LogP contribution in [0.15, 0.2) is 24.3 Å². The maximum Gasteiger partial charge on any atom is 0.168 e. The van der Waals surface area contributed by atoms with Crippen molar-refractivity contribution in [3.8, 4) is 5.75 Å². The van der Waals surface area contributed by atoms with E-state index in [0.717, 1.165) is 5.69 Å². The third-order valence-electron chi connectivity index (χ3n) is 2.31. The maximum absolute atomic E-state index is 13.0. The lowest BCUT2D eigenvalue weighted by Crippen LogP contribution is -2.12. The average molecular weight is 283 g/mol. The van der Waals surface area contributed by atoms with Crippen molar-refractivity contribution >= 4 is 17.4 Å². The molecule has 2 rings (SSSR count). The Hall–Kier alpha value is -1.92. The van der Waals surface area contributed by atoms with Crippen LogP contribution in [0.25, 0.3) is 0 Å². The second-order valence-electron chi connectivity index (χ2n) is 3.82. The molecule has 0 fully saturated rings. The number of hydrazine groups is 1. The molecule has 0 aliphatic rings. The fraction of sp³-hybridized carbons (Fsp3) is 0.167. The van der Waals surface area contributed by atoms with Crippen LogP contribution in [0.3, 0.4) is 0 Å². The molecule has 0 aliphatic heterocycles. The summed E-state index contributed by atoms with van der Waals surface area (Å²) in [5, 5.41) is 0.00646. The van der Waals surface area contributed by atoms with E-state index in [4.69, 9.17) is 22.2 Å². The standard InChI is InChI=1S/C12H12ClFN4O/c1-7-4-11(18-15)17-12(16-7)6-19-8-2-3-10(14)9(13)5-8/h2-5H,6,15H2,1H3,(H,16,17,18). The Balaban J connectivity index is 2.09. The van der Waals surface area contributed by atoms with Gasteiger partial charge in [-0.25, -0.2) is 20.2 Å². The van der Waals surface area contributed by atoms with Crippen molar-refractivity contribution in [3.63, 3.8) is 0 Å². The van der Waals surface area contributed by atoms with Crippen molar-refractivity contribution in [2.75, 3.05) is 5.43 Å². The lowest BCUT2D eigenvalue weighted by atomic mass is 10.3. The van der Waals surface area contributed by atoms with Crippen molar-refractivity contribution in [1.29, 1.82) is 0 Å². The van der Waals surface area contributed by atoms with Crippen LogP contribution in [0.1, 0.15) is 11.5 Å². The topological polar surface area (TPSA) is 73.1 Å². The molecular formula is C12H12ClFN4O. The minimum absolute atomic E-state index is 0.00646. The molecule has 3 N–H and O–H groups in total. The number of aromatic nitrogens is 2. The molecule has 19 heavy (non-hydrogen) atoms. The van der Waals surface area contributed by atoms with Crippen LogP contribution in [0.4, 0.5) is 10.2 Å². The molecular weight excluding hydrogens is 271 g/mol. The summed E-state index contributed by atoms with van der Waals surface area (Å²) in [6.07, 6.45) is 0. The normalized spacial score (nSPS) is 10.3. The molecule has 0 spiro atoms. The van der Waals surface area contributed by atoms with E-state index in [2.05, 4.69) is 15.4 Å². The highest BCUT2D eigenvalue weighted by atomic mass is 35.5. The van der Waals surface area contributed by atoms with Gasteiger partial charge in [0.25, 0.3) is 0 Å². The van der Waals surface area contributed by atoms with Crippen LogP contribution in [0, 0.1) is 12.7 Å². The summed E-state index contributed by atoms with van der Waals surface area (Å²) in [4.78, 5) is 8.33. The Labute approximate surface area is 114 Å². The summed E-state index contributed by atoms with van der Waals surface area (Å²) in [5.74, 6) is 6.21. The van der Waals surface area contributed by atoms with Crippen LogP contribution in [-0.4, -0.2) is 9.97 Å². The van der Waals surface area contributed by atoms with Crippen molar-refractivity contribution in [1.82, 2.24) is 9.97 Å². The lowest BCUT2D eigenvalue weighted by Gasteiger charge is -2.08. The number of nitrogens with one attached hydrogen (secondary N) is 1. The molecule has 0 saturated heterocycles. The number of anilines is 1. The molecule has 0 aliphatic carbocycles. The fourth-order valence-electron chi connectivity index (χ4n) is 1.48. The number of rotatable bonds is 4. The number of benzene rings is 1. The van der Waals surface area contributed by atoms with E-state index < -0.39 is 5.82 Å². The largest absolute Gasteiger partial charge is 0.486 e. The van der Waals surface area contributed by atoms with Gasteiger partial charge in [0.1, 0.15) is 24.0 Å². The van der Waals surface area contributed by atoms with Crippen LogP contribution in [0.5, 0.6) is 5.75 Å². The van der Waals surface area contributed by atoms with Crippen molar-refractivity contribution in [2.45, 2.75) is 13.5 Å². The predicted octanol–water partition coefficient (Wildman–Crippen LogP) is 2.44. The van der Waals surface area contributed by atoms with Gasteiger partial charge < -0.3 is 10.2 Å². The molecule has 5 nitrogen and oxygen atoms in total. The van der Waals surface area contributed by atoms with Crippen LogP contribution < -0.4 is 16.0 Å². The molecule has 0 amide bonds. The molecule has 2 aromatic rings. The van der Waals surface area contributed by atoms with Crippen molar-refractivity contribution < 1.29 is 9.13 Å². The highest BCUT2D eigenvalue weighted by Gasteiger charge is 2.05. The zero-order chi connectivity index (χ0) is 13.8. The van der Waals surface area contributed by atoms with Gasteiger partial charge in [0.15, 0.2) is 5.82 Å². The van der Waals surface area contributed by atoms with Crippen molar-refractivity contribution in [2.24, 2.45) is 5.84 Å². The molecule has 1 heterocycles. The first-order valence-electron chi connectivity index (χ1n) is 5.47. The number of ether oxygens (including phenoxy) is 1. The molecule has 1 aromatic carbocycles. The van der Waals surface area contributed by atoms with Crippen LogP contribution in [0.2, 0.25) is 5.02 Å². The number of nitrogens with zero attached hydrogens (tertiary/aromatic N) is 2. The van der Waals surface area contributed by atoms with Gasteiger partial charge in [-0.15, -0.1) is 0 Å². The van der Waals surface area contributed by atoms with E-state index in [0.29, 0.717) is 17.4 Å². The van der Waals surface area contributed by atoms with Gasteiger partial charge in [-0.3, -0.25) is 0 Å². The second-order valence-corrected chi connectivity index (χ2v) is 4.23. The Morgan fingerprint density at radius 3 is 2.84 bits per heavy atom. The number of nitrogen functional groups attached to an aromatic ring is 1. The van der Waals surface area contributed by atoms with Gasteiger partial charge in [0, 0.05) is 17.8 Å². The van der Waals surface area contributed by atoms with Gasteiger partial charge in [-0.2, -0.15) is 0 Å². The summed E-state index contributed by atoms with van der Waals surface area (Å²) in [6, 6.07) is 5.83. The Kier molecular flexibility index (Phi) is 4.13. The monoisotopic (exact) mass is 282 g/mol. The zero-order valence-electron chi connectivity index (χ0n) is 10.2. The van der Waals surface area contributed by atoms with Gasteiger partial charge in [-0.1, -0.05) is 11.6 Å². The van der Waals surface area contributed by atoms with Crippen molar-refractivity contribution in [3.05, 3.63) is 46.6 Å². The number of aryl methyl sites for hydroxylation is 1. The summed E-state index contributed by atoms with van der Waals surface area (Å²) in [5.41, 5.74) is 3.21. The van der Waals surface area contributed by atoms with Crippen LogP contribution >= 0.6 is 11.6 Å². The molecule has 1 aromatic heterocycles. The first-order valence-corrected chi connectivity index (χ1v) is 5.85. The summed E-state index contributed by atoms with van der Waals surface area (Å²) in [7, 11) is 0. The number of halogens is 2. The smallest absolute Gasteiger partial charge is 0.168 e. The zero-order valence-corrected chi connectivity index (χ0v) is 10.9. The summed E-state index contributed by atoms with van der Waals surface area (Å²) < 4.78 is 18.4. The molecule has 7 heteroatoms. The van der Waals surface area contributed by atoms with E-state index in [1.54, 1.807) is 6.07 Å². The molecule has 0 saturated carbocycles. The summed E-state index contributed by atoms with van der Waals surface area (Å²) >= 11 is 5.66. The third kappa shape index (κ3) is 3.52. The van der Waals surface area contributed by atoms with E-state index in [9.17, 15) is 4.39 Å². The minimum atomic E-state index is -0.490. The van der Waals surface area contributed by atoms with E-state index >= 15 is 0 Å². The second kappa shape index (κ2) is 5.81. The number of hydrogen-bond acceptors (Lipinski definition) is 5. The molecule has 100 valence electrons. The number of hydrogen-bond donors (Lipinski definition) is 2. The van der Waals surface area contributed by atoms with E-state index in [1.165, 1.54) is 18.2 Å². The predicted molar refractivity (Wildman–Crippen MR) is 70.3 cm³/mol. The Morgan fingerprint density at radius 1 is 1.37 bits per heavy atom. The molecule has 0 bridgehead atoms. The minimum Gasteiger partial charge on any atom is -0.486 e. The van der Waals surface area contributed by atoms with Crippen LogP contribution in [-0.2, 0) is 6.61 Å². The molecule has 0 unspecified atom stereocenters. The van der Waals surface area contributed by atoms with E-state index in [-0.39, 0.29) is 11.6 Å². The lowest BCUT2D eigenvalue weighted by molar-refractivity contribution is 0.295. The summed E-state index contributed by atoms with van der Waals surface area (Å²) in [6.45, 7) is 1.96. The molecule has 0 radical (unpaired) electrons. The highest BCUT2D eigenvalue weighted by molar-refractivity contribution is 6.30. The average Bonchev–Trinajstić information content (AvgIpc) is 2.39. The Morgan fingerprint density at radius 2 is 2.16 bits per heavy atom. The first-order chi connectivity index (χ1) is 9.08. The third-order valence-corrected chi connectivity index (χ3v) is 2.60. The molecule has 0 atom stereocenters. The highest BCUT2D eigenvalue weighted by Crippen LogP contribution is 2.21. The van der Waals surface area contributed by atoms with Gasteiger partial charge >= 0.3 is 0 Å². The van der Waals surface area contributed by atoms with Gasteiger partial charge in [-0.05, 0) is 19.1 Å².